The fraction of sp³-hybridized carbons (Fsp3) is 0.333. The number of hydrogen-bond acceptors (Lipinski definition) is 3. The Bertz CT molecular complexity index is 429. The first-order chi connectivity index (χ1) is 8.40. The number of benzene rings is 1. The first kappa shape index (κ1) is 13.8. The summed E-state index contributed by atoms with van der Waals surface area (Å²) in [5.74, 6) is -1.05. The Morgan fingerprint density at radius 3 is 2.17 bits per heavy atom. The summed E-state index contributed by atoms with van der Waals surface area (Å²) in [5, 5.41) is 11.2. The molecule has 0 aliphatic carbocycles. The number of aliphatic carboxylic acids is 1. The van der Waals surface area contributed by atoms with Gasteiger partial charge >= 0.3 is 12.0 Å². The average Bonchev–Trinajstić information content (AvgIpc) is 2.28. The van der Waals surface area contributed by atoms with E-state index in [9.17, 15) is 9.59 Å². The number of carboxylic acids is 1. The maximum Gasteiger partial charge on any atom is 0.323 e. The Morgan fingerprint density at radius 1 is 1.17 bits per heavy atom. The van der Waals surface area contributed by atoms with E-state index in [1.807, 2.05) is 31.1 Å². The van der Waals surface area contributed by atoms with Gasteiger partial charge in [-0.25, -0.2) is 4.79 Å². The monoisotopic (exact) mass is 251 g/mol. The number of amides is 2. The zero-order valence-electron chi connectivity index (χ0n) is 10.7. The predicted octanol–water partition coefficient (Wildman–Crippen LogP) is 1.30. The van der Waals surface area contributed by atoms with E-state index >= 15 is 0 Å². The smallest absolute Gasteiger partial charge is 0.323 e. The minimum absolute atomic E-state index is 0.332. The molecule has 1 rings (SSSR count). The molecule has 6 nitrogen and oxygen atoms in total. The van der Waals surface area contributed by atoms with Crippen molar-refractivity contribution >= 4 is 23.4 Å². The molecule has 0 saturated carbocycles. The molecule has 0 unspecified atom stereocenters. The maximum absolute atomic E-state index is 11.6. The largest absolute Gasteiger partial charge is 0.480 e. The number of urea groups is 1. The molecule has 0 aromatic heterocycles. The van der Waals surface area contributed by atoms with Crippen LogP contribution in [0, 0.1) is 0 Å². The second kappa shape index (κ2) is 5.90. The van der Waals surface area contributed by atoms with E-state index in [-0.39, 0.29) is 6.54 Å². The van der Waals surface area contributed by atoms with Crippen LogP contribution in [0.1, 0.15) is 0 Å². The molecule has 0 saturated heterocycles. The van der Waals surface area contributed by atoms with Crippen molar-refractivity contribution in [2.45, 2.75) is 0 Å². The maximum atomic E-state index is 11.6. The summed E-state index contributed by atoms with van der Waals surface area (Å²) >= 11 is 0. The lowest BCUT2D eigenvalue weighted by molar-refractivity contribution is -0.137. The number of carboxylic acid groups (broad SMARTS) is 1. The third-order valence-electron chi connectivity index (χ3n) is 2.35. The molecule has 1 aromatic carbocycles. The summed E-state index contributed by atoms with van der Waals surface area (Å²) in [7, 11) is 5.28. The van der Waals surface area contributed by atoms with Crippen molar-refractivity contribution < 1.29 is 14.7 Å². The van der Waals surface area contributed by atoms with Crippen LogP contribution in [0.3, 0.4) is 0 Å². The normalized spacial score (nSPS) is 9.72. The Morgan fingerprint density at radius 2 is 1.72 bits per heavy atom. The molecule has 0 atom stereocenters. The van der Waals surface area contributed by atoms with E-state index in [1.165, 1.54) is 7.05 Å². The van der Waals surface area contributed by atoms with E-state index in [4.69, 9.17) is 5.11 Å². The fourth-order valence-electron chi connectivity index (χ4n) is 1.34. The summed E-state index contributed by atoms with van der Waals surface area (Å²) in [5.41, 5.74) is 1.65. The molecule has 0 bridgehead atoms. The van der Waals surface area contributed by atoms with Gasteiger partial charge in [0, 0.05) is 32.5 Å². The van der Waals surface area contributed by atoms with Crippen LogP contribution in [0.4, 0.5) is 16.2 Å². The number of carbonyl (C=O) groups is 2. The van der Waals surface area contributed by atoms with Crippen LogP contribution in [0.5, 0.6) is 0 Å². The predicted molar refractivity (Wildman–Crippen MR) is 70.1 cm³/mol. The van der Waals surface area contributed by atoms with Crippen LogP contribution in [-0.2, 0) is 4.79 Å². The number of rotatable bonds is 4. The van der Waals surface area contributed by atoms with Gasteiger partial charge in [-0.05, 0) is 24.3 Å². The second-order valence-corrected chi connectivity index (χ2v) is 4.12. The van der Waals surface area contributed by atoms with E-state index in [0.29, 0.717) is 5.69 Å². The SMILES string of the molecule is CN(CC(=O)O)C(=O)Nc1ccc(N(C)C)cc1. The van der Waals surface area contributed by atoms with Gasteiger partial charge in [-0.15, -0.1) is 0 Å². The number of carbonyl (C=O) groups excluding carboxylic acids is 1. The Labute approximate surface area is 106 Å². The molecule has 2 amide bonds. The number of likely N-dealkylation sites (N-methyl/N-ethyl adjacent to an activating group) is 1. The number of hydrogen-bond donors (Lipinski definition) is 2. The first-order valence-electron chi connectivity index (χ1n) is 5.41. The van der Waals surface area contributed by atoms with Crippen LogP contribution in [0.2, 0.25) is 0 Å². The van der Waals surface area contributed by atoms with Crippen molar-refractivity contribution in [1.29, 1.82) is 0 Å². The van der Waals surface area contributed by atoms with Crippen LogP contribution in [0.15, 0.2) is 24.3 Å². The Kier molecular flexibility index (Phi) is 4.53. The minimum Gasteiger partial charge on any atom is -0.480 e. The summed E-state index contributed by atoms with van der Waals surface area (Å²) < 4.78 is 0. The molecule has 0 fully saturated rings. The van der Waals surface area contributed by atoms with Crippen molar-refractivity contribution in [2.24, 2.45) is 0 Å². The van der Waals surface area contributed by atoms with Crippen molar-refractivity contribution in [3.05, 3.63) is 24.3 Å². The van der Waals surface area contributed by atoms with Crippen LogP contribution in [-0.4, -0.2) is 49.7 Å². The summed E-state index contributed by atoms with van der Waals surface area (Å²) in [4.78, 5) is 25.1. The van der Waals surface area contributed by atoms with E-state index < -0.39 is 12.0 Å². The molecule has 0 spiro atoms. The van der Waals surface area contributed by atoms with Crippen molar-refractivity contribution in [1.82, 2.24) is 4.90 Å². The highest BCUT2D eigenvalue weighted by Crippen LogP contribution is 2.15. The Balaban J connectivity index is 2.62. The quantitative estimate of drug-likeness (QED) is 0.846. The van der Waals surface area contributed by atoms with Gasteiger partial charge in [0.2, 0.25) is 0 Å². The van der Waals surface area contributed by atoms with Gasteiger partial charge in [0.25, 0.3) is 0 Å². The third-order valence-corrected chi connectivity index (χ3v) is 2.35. The summed E-state index contributed by atoms with van der Waals surface area (Å²) in [6.07, 6.45) is 0. The minimum atomic E-state index is -1.05. The molecule has 0 aliphatic heterocycles. The van der Waals surface area contributed by atoms with E-state index in [1.54, 1.807) is 12.1 Å². The lowest BCUT2D eigenvalue weighted by Crippen LogP contribution is -2.35. The van der Waals surface area contributed by atoms with Gasteiger partial charge in [0.05, 0.1) is 0 Å². The third kappa shape index (κ3) is 3.97. The fourth-order valence-corrected chi connectivity index (χ4v) is 1.34. The molecule has 0 radical (unpaired) electrons. The van der Waals surface area contributed by atoms with Crippen LogP contribution in [0.25, 0.3) is 0 Å². The number of anilines is 2. The second-order valence-electron chi connectivity index (χ2n) is 4.12. The average molecular weight is 251 g/mol. The van der Waals surface area contributed by atoms with Crippen LogP contribution < -0.4 is 10.2 Å². The molecule has 0 heterocycles. The zero-order chi connectivity index (χ0) is 13.7. The Hall–Kier alpha value is -2.24. The van der Waals surface area contributed by atoms with Gasteiger partial charge in [0.15, 0.2) is 0 Å². The molecular formula is C12H17N3O3. The van der Waals surface area contributed by atoms with Crippen LogP contribution >= 0.6 is 0 Å². The van der Waals surface area contributed by atoms with E-state index in [0.717, 1.165) is 10.6 Å². The van der Waals surface area contributed by atoms with E-state index in [2.05, 4.69) is 5.32 Å². The van der Waals surface area contributed by atoms with Crippen molar-refractivity contribution in [2.75, 3.05) is 37.9 Å². The van der Waals surface area contributed by atoms with Gasteiger partial charge in [-0.2, -0.15) is 0 Å². The first-order valence-corrected chi connectivity index (χ1v) is 5.41. The summed E-state index contributed by atoms with van der Waals surface area (Å²) in [6.45, 7) is -0.332. The molecule has 6 heteroatoms. The van der Waals surface area contributed by atoms with Crippen molar-refractivity contribution in [3.63, 3.8) is 0 Å². The molecule has 1 aromatic rings. The highest BCUT2D eigenvalue weighted by Gasteiger charge is 2.11. The standard InChI is InChI=1S/C12H17N3O3/c1-14(2)10-6-4-9(5-7-10)13-12(18)15(3)8-11(16)17/h4-7H,8H2,1-3H3,(H,13,18)(H,16,17). The topological polar surface area (TPSA) is 72.9 Å². The van der Waals surface area contributed by atoms with Crippen molar-refractivity contribution in [3.8, 4) is 0 Å². The number of nitrogens with zero attached hydrogens (tertiary/aromatic N) is 2. The van der Waals surface area contributed by atoms with Gasteiger partial charge in [0.1, 0.15) is 6.54 Å². The molecule has 0 aliphatic rings. The molecule has 18 heavy (non-hydrogen) atoms. The van der Waals surface area contributed by atoms with Gasteiger partial charge in [-0.1, -0.05) is 0 Å². The lowest BCUT2D eigenvalue weighted by atomic mass is 10.2. The lowest BCUT2D eigenvalue weighted by Gasteiger charge is -2.16. The highest BCUT2D eigenvalue weighted by molar-refractivity contribution is 5.91. The summed E-state index contributed by atoms with van der Waals surface area (Å²) in [6, 6.07) is 6.82. The number of nitrogens with one attached hydrogen (secondary N) is 1. The molecule has 98 valence electrons. The zero-order valence-corrected chi connectivity index (χ0v) is 10.7. The molecule has 2 N–H and O–H groups in total. The van der Waals surface area contributed by atoms with Gasteiger partial charge < -0.3 is 20.2 Å². The highest BCUT2D eigenvalue weighted by atomic mass is 16.4. The molecular weight excluding hydrogens is 234 g/mol. The van der Waals surface area contributed by atoms with Gasteiger partial charge in [-0.3, -0.25) is 4.79 Å².